The number of hydrogen-bond donors (Lipinski definition) is 1. The lowest BCUT2D eigenvalue weighted by Gasteiger charge is -2.03. The second-order valence-corrected chi connectivity index (χ2v) is 1.61. The number of fused-ring (bicyclic) bond motifs is 1. The van der Waals surface area contributed by atoms with Gasteiger partial charge in [0.2, 0.25) is 0 Å². The summed E-state index contributed by atoms with van der Waals surface area (Å²) in [6.45, 7) is 0.648. The zero-order valence-corrected chi connectivity index (χ0v) is 4.52. The van der Waals surface area contributed by atoms with Gasteiger partial charge >= 0.3 is 0 Å². The van der Waals surface area contributed by atoms with Crippen molar-refractivity contribution in [1.82, 2.24) is 20.2 Å². The minimum atomic E-state index is 0.595. The van der Waals surface area contributed by atoms with Gasteiger partial charge in [0.1, 0.15) is 0 Å². The number of hydrogen-bond acceptors (Lipinski definition) is 5. The zero-order valence-electron chi connectivity index (χ0n) is 4.52. The molecule has 6 heteroatoms. The molecule has 0 saturated carbocycles. The molecule has 2 rings (SSSR count). The quantitative estimate of drug-likeness (QED) is 0.486. The Morgan fingerprint density at radius 3 is 3.56 bits per heavy atom. The van der Waals surface area contributed by atoms with Gasteiger partial charge in [0, 0.05) is 6.21 Å². The highest BCUT2D eigenvalue weighted by atomic mass is 15.6. The standard InChI is InChI=1S/C3H4N6/c1-2-9-3(5-4-1)6-7-8-9/h1H,2H2,(H,5,6,8). The Balaban J connectivity index is 2.46. The molecule has 0 fully saturated rings. The van der Waals surface area contributed by atoms with Crippen LogP contribution < -0.4 is 5.43 Å². The Hall–Kier alpha value is -1.46. The smallest absolute Gasteiger partial charge is 0.244 e. The normalized spacial score (nSPS) is 14.7. The summed E-state index contributed by atoms with van der Waals surface area (Å²) in [7, 11) is 0. The first-order valence-corrected chi connectivity index (χ1v) is 2.50. The van der Waals surface area contributed by atoms with Crippen molar-refractivity contribution in [2.24, 2.45) is 5.10 Å². The lowest BCUT2D eigenvalue weighted by atomic mass is 10.7. The minimum Gasteiger partial charge on any atom is -0.244 e. The van der Waals surface area contributed by atoms with E-state index in [2.05, 4.69) is 26.1 Å². The van der Waals surface area contributed by atoms with Gasteiger partial charge in [0.15, 0.2) is 0 Å². The van der Waals surface area contributed by atoms with E-state index in [9.17, 15) is 0 Å². The topological polar surface area (TPSA) is 68.0 Å². The highest BCUT2D eigenvalue weighted by Crippen LogP contribution is 2.00. The predicted octanol–water partition coefficient (Wildman–Crippen LogP) is -0.916. The molecule has 0 bridgehead atoms. The number of nitrogens with zero attached hydrogens (tertiary/aromatic N) is 5. The van der Waals surface area contributed by atoms with Crippen LogP contribution in [0.15, 0.2) is 5.10 Å². The number of aromatic nitrogens is 4. The first-order valence-electron chi connectivity index (χ1n) is 2.50. The number of tetrazole rings is 1. The van der Waals surface area contributed by atoms with Gasteiger partial charge in [-0.25, -0.2) is 10.1 Å². The van der Waals surface area contributed by atoms with E-state index in [-0.39, 0.29) is 0 Å². The number of nitrogens with one attached hydrogen (secondary N) is 1. The maximum absolute atomic E-state index is 3.75. The molecule has 0 aromatic carbocycles. The van der Waals surface area contributed by atoms with E-state index >= 15 is 0 Å². The SMILES string of the molecule is C1=NNc2nnnn2C1. The molecular weight excluding hydrogens is 120 g/mol. The molecule has 0 atom stereocenters. The molecule has 0 unspecified atom stereocenters. The Morgan fingerprint density at radius 1 is 1.67 bits per heavy atom. The summed E-state index contributed by atoms with van der Waals surface area (Å²) in [5.41, 5.74) is 2.64. The molecule has 6 nitrogen and oxygen atoms in total. The van der Waals surface area contributed by atoms with Crippen molar-refractivity contribution in [3.63, 3.8) is 0 Å². The third kappa shape index (κ3) is 0.558. The molecule has 0 aliphatic carbocycles. The van der Waals surface area contributed by atoms with Crippen LogP contribution in [0, 0.1) is 0 Å². The summed E-state index contributed by atoms with van der Waals surface area (Å²) < 4.78 is 1.62. The molecule has 1 aromatic rings. The summed E-state index contributed by atoms with van der Waals surface area (Å²) in [5, 5.41) is 14.5. The van der Waals surface area contributed by atoms with E-state index < -0.39 is 0 Å². The van der Waals surface area contributed by atoms with E-state index in [1.807, 2.05) is 0 Å². The van der Waals surface area contributed by atoms with Crippen molar-refractivity contribution in [3.8, 4) is 0 Å². The summed E-state index contributed by atoms with van der Waals surface area (Å²) in [5.74, 6) is 0.595. The molecule has 1 aromatic heterocycles. The van der Waals surface area contributed by atoms with Crippen LogP contribution in [0.5, 0.6) is 0 Å². The van der Waals surface area contributed by atoms with Gasteiger partial charge in [-0.1, -0.05) is 5.10 Å². The van der Waals surface area contributed by atoms with Gasteiger partial charge in [0.25, 0.3) is 5.95 Å². The van der Waals surface area contributed by atoms with E-state index in [1.54, 1.807) is 10.9 Å². The van der Waals surface area contributed by atoms with E-state index in [0.29, 0.717) is 12.5 Å². The minimum absolute atomic E-state index is 0.595. The molecule has 2 heterocycles. The summed E-state index contributed by atoms with van der Waals surface area (Å²) in [6, 6.07) is 0. The first kappa shape index (κ1) is 4.42. The van der Waals surface area contributed by atoms with Gasteiger partial charge < -0.3 is 0 Å². The maximum Gasteiger partial charge on any atom is 0.263 e. The Morgan fingerprint density at radius 2 is 2.67 bits per heavy atom. The van der Waals surface area contributed by atoms with Gasteiger partial charge in [-0.05, 0) is 10.4 Å². The third-order valence-electron chi connectivity index (χ3n) is 1.04. The van der Waals surface area contributed by atoms with Crippen LogP contribution in [0.4, 0.5) is 5.95 Å². The average Bonchev–Trinajstić information content (AvgIpc) is 2.33. The maximum atomic E-state index is 3.75. The van der Waals surface area contributed by atoms with Crippen molar-refractivity contribution < 1.29 is 0 Å². The second-order valence-electron chi connectivity index (χ2n) is 1.61. The molecule has 0 amide bonds. The van der Waals surface area contributed by atoms with Crippen LogP contribution in [-0.4, -0.2) is 26.4 Å². The monoisotopic (exact) mass is 124 g/mol. The number of hydrazone groups is 1. The largest absolute Gasteiger partial charge is 0.263 e. The van der Waals surface area contributed by atoms with Gasteiger partial charge in [-0.2, -0.15) is 5.10 Å². The van der Waals surface area contributed by atoms with Crippen molar-refractivity contribution in [2.75, 3.05) is 5.43 Å². The third-order valence-corrected chi connectivity index (χ3v) is 1.04. The predicted molar refractivity (Wildman–Crippen MR) is 29.9 cm³/mol. The van der Waals surface area contributed by atoms with Gasteiger partial charge in [-0.3, -0.25) is 0 Å². The molecule has 0 radical (unpaired) electrons. The van der Waals surface area contributed by atoms with Crippen molar-refractivity contribution >= 4 is 12.2 Å². The van der Waals surface area contributed by atoms with Crippen LogP contribution in [0.2, 0.25) is 0 Å². The average molecular weight is 124 g/mol. The molecule has 0 saturated heterocycles. The first-order chi connectivity index (χ1) is 4.47. The van der Waals surface area contributed by atoms with Crippen LogP contribution in [0.25, 0.3) is 0 Å². The molecule has 9 heavy (non-hydrogen) atoms. The lowest BCUT2D eigenvalue weighted by molar-refractivity contribution is 0.678. The lowest BCUT2D eigenvalue weighted by Crippen LogP contribution is -2.11. The molecule has 46 valence electrons. The fraction of sp³-hybridized carbons (Fsp3) is 0.333. The van der Waals surface area contributed by atoms with Crippen LogP contribution in [0.3, 0.4) is 0 Å². The summed E-state index contributed by atoms with van der Waals surface area (Å²) in [4.78, 5) is 0. The van der Waals surface area contributed by atoms with Gasteiger partial charge in [-0.15, -0.1) is 0 Å². The van der Waals surface area contributed by atoms with Crippen LogP contribution in [-0.2, 0) is 6.54 Å². The van der Waals surface area contributed by atoms with E-state index in [0.717, 1.165) is 0 Å². The molecule has 0 spiro atoms. The Bertz CT molecular complexity index is 214. The Kier molecular flexibility index (Phi) is 0.741. The van der Waals surface area contributed by atoms with Crippen LogP contribution >= 0.6 is 0 Å². The zero-order chi connectivity index (χ0) is 6.10. The number of rotatable bonds is 0. The number of anilines is 1. The fourth-order valence-electron chi connectivity index (χ4n) is 0.629. The van der Waals surface area contributed by atoms with Crippen molar-refractivity contribution in [3.05, 3.63) is 0 Å². The van der Waals surface area contributed by atoms with Crippen molar-refractivity contribution in [2.45, 2.75) is 6.54 Å². The summed E-state index contributed by atoms with van der Waals surface area (Å²) >= 11 is 0. The Labute approximate surface area is 50.6 Å². The van der Waals surface area contributed by atoms with Crippen LogP contribution in [0.1, 0.15) is 0 Å². The molecular formula is C3H4N6. The van der Waals surface area contributed by atoms with E-state index in [1.165, 1.54) is 0 Å². The second kappa shape index (κ2) is 1.51. The fourth-order valence-corrected chi connectivity index (χ4v) is 0.629. The molecule has 1 N–H and O–H groups in total. The molecule has 1 aliphatic rings. The van der Waals surface area contributed by atoms with E-state index in [4.69, 9.17) is 0 Å². The molecule has 1 aliphatic heterocycles. The summed E-state index contributed by atoms with van der Waals surface area (Å²) in [6.07, 6.45) is 1.70. The highest BCUT2D eigenvalue weighted by Gasteiger charge is 2.04. The van der Waals surface area contributed by atoms with Crippen molar-refractivity contribution in [1.29, 1.82) is 0 Å². The van der Waals surface area contributed by atoms with Gasteiger partial charge in [0.05, 0.1) is 6.54 Å². The highest BCUT2D eigenvalue weighted by molar-refractivity contribution is 5.60.